The minimum Gasteiger partial charge on any atom is -0.355 e. The molecular weight excluding hydrogens is 537 g/mol. The van der Waals surface area contributed by atoms with E-state index < -0.39 is 15.8 Å². The Kier molecular flexibility index (Phi) is 8.64. The number of nitrogens with zero attached hydrogens (tertiary/aromatic N) is 3. The monoisotopic (exact) mass is 571 g/mol. The molecule has 0 bridgehead atoms. The van der Waals surface area contributed by atoms with Crippen molar-refractivity contribution in [2.75, 3.05) is 13.1 Å². The number of aryl methyl sites for hydroxylation is 1. The lowest BCUT2D eigenvalue weighted by atomic mass is 9.91. The highest BCUT2D eigenvalue weighted by Gasteiger charge is 2.38. The number of piperidine rings is 1. The lowest BCUT2D eigenvalue weighted by Gasteiger charge is -2.38. The highest BCUT2D eigenvalue weighted by atomic mass is 32.2. The van der Waals surface area contributed by atoms with Crippen molar-refractivity contribution < 1.29 is 22.1 Å². The van der Waals surface area contributed by atoms with E-state index in [0.29, 0.717) is 24.9 Å². The van der Waals surface area contributed by atoms with Crippen LogP contribution < -0.4 is 0 Å². The van der Waals surface area contributed by atoms with Crippen molar-refractivity contribution in [1.29, 1.82) is 0 Å². The minimum absolute atomic E-state index is 0.0126. The number of carbonyl (C=O) groups is 1. The number of rotatable bonds is 8. The summed E-state index contributed by atoms with van der Waals surface area (Å²) < 4.78 is 48.1. The zero-order valence-corrected chi connectivity index (χ0v) is 23.7. The molecule has 2 aliphatic rings. The molecule has 1 saturated heterocycles. The molecule has 2 fully saturated rings. The molecule has 39 heavy (non-hydrogen) atoms. The number of hydrogen-bond donors (Lipinski definition) is 0. The maximum atomic E-state index is 14.1. The molecular formula is C29H34FN3O4S2. The van der Waals surface area contributed by atoms with E-state index >= 15 is 0 Å². The fraction of sp³-hybridized carbons (Fsp3) is 0.448. The van der Waals surface area contributed by atoms with Gasteiger partial charge in [0.1, 0.15) is 11.5 Å². The Bertz CT molecular complexity index is 1400. The lowest BCUT2D eigenvalue weighted by molar-refractivity contribution is -0.140. The summed E-state index contributed by atoms with van der Waals surface area (Å²) in [5, 5.41) is 5.92. The van der Waals surface area contributed by atoms with Gasteiger partial charge in [-0.25, -0.2) is 12.8 Å². The normalized spacial score (nSPS) is 18.1. The quantitative estimate of drug-likeness (QED) is 0.326. The van der Waals surface area contributed by atoms with Crippen LogP contribution in [0.4, 0.5) is 4.39 Å². The number of hydrogen-bond acceptors (Lipinski definition) is 6. The first-order valence-corrected chi connectivity index (χ1v) is 15.9. The van der Waals surface area contributed by atoms with Crippen LogP contribution in [-0.2, 0) is 21.4 Å². The third-order valence-electron chi connectivity index (χ3n) is 7.76. The molecule has 7 nitrogen and oxygen atoms in total. The van der Waals surface area contributed by atoms with Crippen molar-refractivity contribution >= 4 is 39.4 Å². The predicted octanol–water partition coefficient (Wildman–Crippen LogP) is 6.12. The standard InChI is InChI=1S/C29H34FN3O4S2/c1-21-28(27(37-31-21)14-13-22-8-5-6-12-26(22)30)39(35,36)32-17-15-23(16-18-32)29(34)33(20-25-11-7-19-38-25)24-9-3-2-4-10-24/h5-8,11-14,19,23-24H,2-4,9-10,15-18,20H2,1H3/b14-13+. The molecule has 1 aromatic carbocycles. The smallest absolute Gasteiger partial charge is 0.248 e. The van der Waals surface area contributed by atoms with E-state index in [-0.39, 0.29) is 47.3 Å². The summed E-state index contributed by atoms with van der Waals surface area (Å²) in [5.74, 6) is -0.416. The molecule has 0 unspecified atom stereocenters. The fourth-order valence-corrected chi connectivity index (χ4v) is 8.05. The second-order valence-electron chi connectivity index (χ2n) is 10.3. The van der Waals surface area contributed by atoms with Gasteiger partial charge >= 0.3 is 0 Å². The molecule has 208 valence electrons. The van der Waals surface area contributed by atoms with Gasteiger partial charge in [0.15, 0.2) is 10.7 Å². The largest absolute Gasteiger partial charge is 0.355 e. The van der Waals surface area contributed by atoms with Crippen molar-refractivity contribution in [1.82, 2.24) is 14.4 Å². The maximum Gasteiger partial charge on any atom is 0.248 e. The van der Waals surface area contributed by atoms with Gasteiger partial charge in [0.2, 0.25) is 15.9 Å². The Balaban J connectivity index is 1.29. The molecule has 10 heteroatoms. The van der Waals surface area contributed by atoms with E-state index in [2.05, 4.69) is 16.1 Å². The van der Waals surface area contributed by atoms with Crippen LogP contribution in [0.1, 0.15) is 66.8 Å². The summed E-state index contributed by atoms with van der Waals surface area (Å²) in [4.78, 5) is 17.0. The molecule has 1 aliphatic heterocycles. The van der Waals surface area contributed by atoms with E-state index in [0.717, 1.165) is 25.7 Å². The Morgan fingerprint density at radius 2 is 1.85 bits per heavy atom. The second kappa shape index (κ2) is 12.1. The molecule has 5 rings (SSSR count). The fourth-order valence-electron chi connectivity index (χ4n) is 5.63. The minimum atomic E-state index is -3.92. The first kappa shape index (κ1) is 27.7. The van der Waals surface area contributed by atoms with Gasteiger partial charge in [-0.05, 0) is 62.3 Å². The number of aromatic nitrogens is 1. The van der Waals surface area contributed by atoms with E-state index in [9.17, 15) is 17.6 Å². The molecule has 2 aromatic heterocycles. The van der Waals surface area contributed by atoms with Crippen LogP contribution in [0.2, 0.25) is 0 Å². The SMILES string of the molecule is Cc1noc(/C=C/c2ccccc2F)c1S(=O)(=O)N1CCC(C(=O)N(Cc2cccs2)C2CCCCC2)CC1. The van der Waals surface area contributed by atoms with Crippen LogP contribution >= 0.6 is 11.3 Å². The summed E-state index contributed by atoms with van der Waals surface area (Å²) in [5.41, 5.74) is 0.570. The first-order valence-electron chi connectivity index (χ1n) is 13.6. The van der Waals surface area contributed by atoms with Crippen molar-refractivity contribution in [3.8, 4) is 0 Å². The zero-order chi connectivity index (χ0) is 27.4. The number of halogens is 1. The Hall–Kier alpha value is -2.82. The van der Waals surface area contributed by atoms with E-state index in [4.69, 9.17) is 4.52 Å². The van der Waals surface area contributed by atoms with Gasteiger partial charge in [-0.1, -0.05) is 48.7 Å². The average Bonchev–Trinajstić information content (AvgIpc) is 3.61. The molecule has 0 spiro atoms. The first-order chi connectivity index (χ1) is 18.8. The van der Waals surface area contributed by atoms with E-state index in [1.54, 1.807) is 36.5 Å². The van der Waals surface area contributed by atoms with Gasteiger partial charge in [0.05, 0.1) is 6.54 Å². The van der Waals surface area contributed by atoms with Crippen molar-refractivity contribution in [2.45, 2.75) is 69.4 Å². The molecule has 0 radical (unpaired) electrons. The molecule has 3 aromatic rings. The molecule has 1 aliphatic carbocycles. The van der Waals surface area contributed by atoms with E-state index in [1.807, 2.05) is 11.4 Å². The number of thiophene rings is 1. The third kappa shape index (κ3) is 6.18. The average molecular weight is 572 g/mol. The van der Waals surface area contributed by atoms with Crippen LogP contribution in [-0.4, -0.2) is 47.8 Å². The second-order valence-corrected chi connectivity index (χ2v) is 13.2. The number of amides is 1. The van der Waals surface area contributed by atoms with Crippen LogP contribution in [0.5, 0.6) is 0 Å². The zero-order valence-electron chi connectivity index (χ0n) is 22.1. The van der Waals surface area contributed by atoms with Gasteiger partial charge in [0, 0.05) is 35.5 Å². The van der Waals surface area contributed by atoms with Crippen LogP contribution in [0.3, 0.4) is 0 Å². The van der Waals surface area contributed by atoms with Crippen LogP contribution in [0.15, 0.2) is 51.2 Å². The number of sulfonamides is 1. The third-order valence-corrected chi connectivity index (χ3v) is 10.7. The molecule has 0 atom stereocenters. The van der Waals surface area contributed by atoms with Gasteiger partial charge in [-0.15, -0.1) is 11.3 Å². The van der Waals surface area contributed by atoms with Gasteiger partial charge < -0.3 is 9.42 Å². The maximum absolute atomic E-state index is 14.1. The Labute approximate surface area is 233 Å². The summed E-state index contributed by atoms with van der Waals surface area (Å²) in [6, 6.07) is 10.6. The predicted molar refractivity (Wildman–Crippen MR) is 150 cm³/mol. The molecule has 3 heterocycles. The molecule has 0 N–H and O–H groups in total. The van der Waals surface area contributed by atoms with Crippen molar-refractivity contribution in [3.63, 3.8) is 0 Å². The van der Waals surface area contributed by atoms with E-state index in [1.165, 1.54) is 33.8 Å². The summed E-state index contributed by atoms with van der Waals surface area (Å²) in [7, 11) is -3.92. The molecule has 1 saturated carbocycles. The van der Waals surface area contributed by atoms with Crippen LogP contribution in [0, 0.1) is 18.7 Å². The molecule has 1 amide bonds. The Morgan fingerprint density at radius 3 is 2.54 bits per heavy atom. The topological polar surface area (TPSA) is 83.7 Å². The Morgan fingerprint density at radius 1 is 1.10 bits per heavy atom. The summed E-state index contributed by atoms with van der Waals surface area (Å²) in [6.07, 6.45) is 9.41. The number of carbonyl (C=O) groups excluding carboxylic acids is 1. The van der Waals surface area contributed by atoms with Gasteiger partial charge in [0.25, 0.3) is 0 Å². The lowest BCUT2D eigenvalue weighted by Crippen LogP contribution is -2.47. The van der Waals surface area contributed by atoms with Gasteiger partial charge in [-0.2, -0.15) is 4.31 Å². The number of benzene rings is 1. The van der Waals surface area contributed by atoms with Crippen molar-refractivity contribution in [3.05, 3.63) is 69.5 Å². The van der Waals surface area contributed by atoms with Crippen molar-refractivity contribution in [2.24, 2.45) is 5.92 Å². The highest BCUT2D eigenvalue weighted by Crippen LogP contribution is 2.32. The highest BCUT2D eigenvalue weighted by molar-refractivity contribution is 7.89. The summed E-state index contributed by atoms with van der Waals surface area (Å²) >= 11 is 1.66. The van der Waals surface area contributed by atoms with Crippen LogP contribution in [0.25, 0.3) is 12.2 Å². The summed E-state index contributed by atoms with van der Waals surface area (Å²) in [6.45, 7) is 2.70. The van der Waals surface area contributed by atoms with Gasteiger partial charge in [-0.3, -0.25) is 4.79 Å².